The first-order valence-corrected chi connectivity index (χ1v) is 6.41. The summed E-state index contributed by atoms with van der Waals surface area (Å²) < 4.78 is 13.2. The van der Waals surface area contributed by atoms with Gasteiger partial charge in [0.2, 0.25) is 0 Å². The molecule has 2 aromatic rings. The second-order valence-electron chi connectivity index (χ2n) is 4.83. The molecular formula is C15H16FN3O2. The average Bonchev–Trinajstić information content (AvgIpc) is 2.45. The largest absolute Gasteiger partial charge is 0.378 e. The quantitative estimate of drug-likeness (QED) is 0.677. The van der Waals surface area contributed by atoms with Crippen molar-refractivity contribution in [1.82, 2.24) is 0 Å². The van der Waals surface area contributed by atoms with E-state index in [0.29, 0.717) is 6.54 Å². The summed E-state index contributed by atoms with van der Waals surface area (Å²) in [4.78, 5) is 12.4. The van der Waals surface area contributed by atoms with Crippen LogP contribution in [-0.2, 0) is 6.54 Å². The number of nitrogens with one attached hydrogen (secondary N) is 1. The van der Waals surface area contributed by atoms with E-state index in [9.17, 15) is 14.5 Å². The van der Waals surface area contributed by atoms with E-state index in [1.165, 1.54) is 0 Å². The van der Waals surface area contributed by atoms with Crippen molar-refractivity contribution in [2.24, 2.45) is 0 Å². The molecule has 2 aromatic carbocycles. The van der Waals surface area contributed by atoms with Crippen LogP contribution in [0.4, 0.5) is 21.5 Å². The Bertz CT molecular complexity index is 642. The maximum absolute atomic E-state index is 13.2. The van der Waals surface area contributed by atoms with Gasteiger partial charge in [-0.05, 0) is 23.8 Å². The first-order chi connectivity index (χ1) is 9.97. The zero-order valence-electron chi connectivity index (χ0n) is 11.8. The van der Waals surface area contributed by atoms with Crippen molar-refractivity contribution in [3.63, 3.8) is 0 Å². The summed E-state index contributed by atoms with van der Waals surface area (Å²) in [5.74, 6) is -0.508. The standard InChI is InChI=1S/C15H16FN3O2/c1-18(2)13-6-3-11(4-7-13)10-17-14-9-12(16)5-8-15(14)19(20)21/h3-9,17H,10H2,1-2H3. The van der Waals surface area contributed by atoms with Gasteiger partial charge in [0.15, 0.2) is 0 Å². The van der Waals surface area contributed by atoms with E-state index in [2.05, 4.69) is 5.32 Å². The Morgan fingerprint density at radius 2 is 1.86 bits per heavy atom. The highest BCUT2D eigenvalue weighted by Crippen LogP contribution is 2.25. The van der Waals surface area contributed by atoms with Gasteiger partial charge in [-0.1, -0.05) is 12.1 Å². The SMILES string of the molecule is CN(C)c1ccc(CNc2cc(F)ccc2[N+](=O)[O-])cc1. The maximum atomic E-state index is 13.2. The van der Waals surface area contributed by atoms with E-state index in [0.717, 1.165) is 29.4 Å². The second-order valence-corrected chi connectivity index (χ2v) is 4.83. The molecule has 0 aliphatic carbocycles. The van der Waals surface area contributed by atoms with Gasteiger partial charge in [-0.25, -0.2) is 4.39 Å². The van der Waals surface area contributed by atoms with Crippen LogP contribution in [0.15, 0.2) is 42.5 Å². The molecule has 0 atom stereocenters. The summed E-state index contributed by atoms with van der Waals surface area (Å²) in [6.45, 7) is 0.387. The van der Waals surface area contributed by atoms with Crippen LogP contribution in [0.5, 0.6) is 0 Å². The highest BCUT2D eigenvalue weighted by Gasteiger charge is 2.13. The average molecular weight is 289 g/mol. The topological polar surface area (TPSA) is 58.4 Å². The Morgan fingerprint density at radius 3 is 2.43 bits per heavy atom. The van der Waals surface area contributed by atoms with Gasteiger partial charge in [0, 0.05) is 38.5 Å². The molecule has 0 radical (unpaired) electrons. The third-order valence-electron chi connectivity index (χ3n) is 3.09. The number of anilines is 2. The Balaban J connectivity index is 2.12. The molecule has 6 heteroatoms. The van der Waals surface area contributed by atoms with Crippen molar-refractivity contribution in [3.8, 4) is 0 Å². The molecule has 0 aliphatic rings. The lowest BCUT2D eigenvalue weighted by molar-refractivity contribution is -0.384. The van der Waals surface area contributed by atoms with Crippen LogP contribution in [0.2, 0.25) is 0 Å². The summed E-state index contributed by atoms with van der Waals surface area (Å²) in [5, 5.41) is 13.8. The molecule has 2 rings (SSSR count). The molecule has 0 saturated heterocycles. The van der Waals surface area contributed by atoms with Gasteiger partial charge in [0.1, 0.15) is 11.5 Å². The van der Waals surface area contributed by atoms with Crippen LogP contribution < -0.4 is 10.2 Å². The highest BCUT2D eigenvalue weighted by molar-refractivity contribution is 5.61. The van der Waals surface area contributed by atoms with Crippen LogP contribution in [0.1, 0.15) is 5.56 Å². The number of rotatable bonds is 5. The third-order valence-corrected chi connectivity index (χ3v) is 3.09. The van der Waals surface area contributed by atoms with Crippen molar-refractivity contribution in [3.05, 3.63) is 64.0 Å². The number of nitro groups is 1. The minimum Gasteiger partial charge on any atom is -0.378 e. The number of hydrogen-bond acceptors (Lipinski definition) is 4. The summed E-state index contributed by atoms with van der Waals surface area (Å²) in [5.41, 5.74) is 2.06. The number of benzene rings is 2. The molecule has 0 heterocycles. The molecule has 0 spiro atoms. The highest BCUT2D eigenvalue weighted by atomic mass is 19.1. The Hall–Kier alpha value is -2.63. The molecule has 0 amide bonds. The lowest BCUT2D eigenvalue weighted by atomic mass is 10.2. The lowest BCUT2D eigenvalue weighted by Gasteiger charge is -2.13. The van der Waals surface area contributed by atoms with Gasteiger partial charge < -0.3 is 10.2 Å². The third kappa shape index (κ3) is 3.68. The monoisotopic (exact) mass is 289 g/mol. The zero-order chi connectivity index (χ0) is 15.4. The summed E-state index contributed by atoms with van der Waals surface area (Å²) in [7, 11) is 3.90. The summed E-state index contributed by atoms with van der Waals surface area (Å²) in [6, 6.07) is 11.1. The smallest absolute Gasteiger partial charge is 0.292 e. The fourth-order valence-corrected chi connectivity index (χ4v) is 1.92. The van der Waals surface area contributed by atoms with Crippen molar-refractivity contribution in [1.29, 1.82) is 0 Å². The zero-order valence-corrected chi connectivity index (χ0v) is 11.8. The van der Waals surface area contributed by atoms with Crippen molar-refractivity contribution in [2.45, 2.75) is 6.54 Å². The van der Waals surface area contributed by atoms with Crippen molar-refractivity contribution < 1.29 is 9.31 Å². The van der Waals surface area contributed by atoms with E-state index in [4.69, 9.17) is 0 Å². The van der Waals surface area contributed by atoms with Crippen LogP contribution in [0.3, 0.4) is 0 Å². The number of halogens is 1. The predicted octanol–water partition coefficient (Wildman–Crippen LogP) is 3.41. The van der Waals surface area contributed by atoms with Crippen LogP contribution >= 0.6 is 0 Å². The van der Waals surface area contributed by atoms with E-state index in [-0.39, 0.29) is 11.4 Å². The molecule has 0 bridgehead atoms. The van der Waals surface area contributed by atoms with E-state index in [1.807, 2.05) is 43.3 Å². The Labute approximate surface area is 122 Å². The van der Waals surface area contributed by atoms with E-state index >= 15 is 0 Å². The molecule has 0 aromatic heterocycles. The molecule has 1 N–H and O–H groups in total. The van der Waals surface area contributed by atoms with Crippen LogP contribution in [-0.4, -0.2) is 19.0 Å². The van der Waals surface area contributed by atoms with Gasteiger partial charge in [0.05, 0.1) is 4.92 Å². The van der Waals surface area contributed by atoms with Gasteiger partial charge >= 0.3 is 0 Å². The molecular weight excluding hydrogens is 273 g/mol. The van der Waals surface area contributed by atoms with Crippen molar-refractivity contribution in [2.75, 3.05) is 24.3 Å². The first kappa shape index (κ1) is 14.8. The lowest BCUT2D eigenvalue weighted by Crippen LogP contribution is -2.08. The second kappa shape index (κ2) is 6.21. The summed E-state index contributed by atoms with van der Waals surface area (Å²) >= 11 is 0. The minimum absolute atomic E-state index is 0.138. The van der Waals surface area contributed by atoms with Gasteiger partial charge in [-0.3, -0.25) is 10.1 Å². The molecule has 0 fully saturated rings. The Kier molecular flexibility index (Phi) is 4.37. The molecule has 0 aliphatic heterocycles. The number of hydrogen-bond donors (Lipinski definition) is 1. The van der Waals surface area contributed by atoms with Gasteiger partial charge in [-0.15, -0.1) is 0 Å². The summed E-state index contributed by atoms with van der Waals surface area (Å²) in [6.07, 6.45) is 0. The predicted molar refractivity (Wildman–Crippen MR) is 81.2 cm³/mol. The van der Waals surface area contributed by atoms with E-state index < -0.39 is 10.7 Å². The van der Waals surface area contributed by atoms with E-state index in [1.54, 1.807) is 0 Å². The fraction of sp³-hybridized carbons (Fsp3) is 0.200. The normalized spacial score (nSPS) is 10.2. The molecule has 110 valence electrons. The molecule has 0 unspecified atom stereocenters. The minimum atomic E-state index is -0.531. The Morgan fingerprint density at radius 1 is 1.19 bits per heavy atom. The molecule has 21 heavy (non-hydrogen) atoms. The van der Waals surface area contributed by atoms with Gasteiger partial charge in [0.25, 0.3) is 5.69 Å². The van der Waals surface area contributed by atoms with Gasteiger partial charge in [-0.2, -0.15) is 0 Å². The first-order valence-electron chi connectivity index (χ1n) is 6.41. The molecule has 5 nitrogen and oxygen atoms in total. The van der Waals surface area contributed by atoms with Crippen LogP contribution in [0.25, 0.3) is 0 Å². The number of nitro benzene ring substituents is 1. The van der Waals surface area contributed by atoms with Crippen molar-refractivity contribution >= 4 is 17.1 Å². The van der Waals surface area contributed by atoms with Crippen LogP contribution in [0, 0.1) is 15.9 Å². The number of nitrogens with zero attached hydrogens (tertiary/aromatic N) is 2. The molecule has 0 saturated carbocycles. The maximum Gasteiger partial charge on any atom is 0.292 e. The fourth-order valence-electron chi connectivity index (χ4n) is 1.92.